The monoisotopic (exact) mass is 340 g/mol. The second-order valence-corrected chi connectivity index (χ2v) is 7.70. The van der Waals surface area contributed by atoms with Crippen molar-refractivity contribution < 1.29 is 23.9 Å². The third kappa shape index (κ3) is 4.61. The van der Waals surface area contributed by atoms with Crippen LogP contribution < -0.4 is 5.32 Å². The van der Waals surface area contributed by atoms with Gasteiger partial charge in [-0.2, -0.15) is 0 Å². The van der Waals surface area contributed by atoms with E-state index in [9.17, 15) is 14.4 Å². The number of nitrogens with one attached hydrogen (secondary N) is 1. The van der Waals surface area contributed by atoms with E-state index in [0.29, 0.717) is 0 Å². The lowest BCUT2D eigenvalue weighted by atomic mass is 9.83. The van der Waals surface area contributed by atoms with Crippen molar-refractivity contribution in [3.63, 3.8) is 0 Å². The standard InChI is InChI=1S/C17H28N2O5/c1-17(2,3)24-16(22)18-14(9-15(21)23-4)11-7-12-5-6-13(8-11)19(12)10-20/h10-14H,5-9H2,1-4H3,(H,18,22)/t11?,12?,13?,14-/m1/s1. The molecule has 24 heavy (non-hydrogen) atoms. The minimum Gasteiger partial charge on any atom is -0.469 e. The van der Waals surface area contributed by atoms with Crippen LogP contribution in [-0.2, 0) is 19.1 Å². The summed E-state index contributed by atoms with van der Waals surface area (Å²) < 4.78 is 10.1. The Morgan fingerprint density at radius 3 is 2.29 bits per heavy atom. The first-order chi connectivity index (χ1) is 11.2. The van der Waals surface area contributed by atoms with Crippen LogP contribution >= 0.6 is 0 Å². The summed E-state index contributed by atoms with van der Waals surface area (Å²) >= 11 is 0. The van der Waals surface area contributed by atoms with Gasteiger partial charge in [0.1, 0.15) is 5.60 Å². The van der Waals surface area contributed by atoms with Gasteiger partial charge in [0.15, 0.2) is 0 Å². The summed E-state index contributed by atoms with van der Waals surface area (Å²) in [5.74, 6) is -0.230. The van der Waals surface area contributed by atoms with E-state index in [1.807, 2.05) is 4.90 Å². The molecule has 2 aliphatic rings. The average Bonchev–Trinajstić information content (AvgIpc) is 2.72. The van der Waals surface area contributed by atoms with Gasteiger partial charge in [-0.1, -0.05) is 0 Å². The fourth-order valence-corrected chi connectivity index (χ4v) is 3.81. The van der Waals surface area contributed by atoms with Crippen LogP contribution in [0, 0.1) is 5.92 Å². The Hall–Kier alpha value is -1.79. The first-order valence-corrected chi connectivity index (χ1v) is 8.52. The molecule has 0 saturated carbocycles. The predicted molar refractivity (Wildman–Crippen MR) is 87.2 cm³/mol. The molecule has 0 aliphatic carbocycles. The highest BCUT2D eigenvalue weighted by molar-refractivity contribution is 5.73. The number of hydrogen-bond donors (Lipinski definition) is 1. The molecule has 2 fully saturated rings. The van der Waals surface area contributed by atoms with E-state index >= 15 is 0 Å². The van der Waals surface area contributed by atoms with Crippen molar-refractivity contribution in [2.75, 3.05) is 7.11 Å². The lowest BCUT2D eigenvalue weighted by Gasteiger charge is -2.39. The number of hydrogen-bond acceptors (Lipinski definition) is 5. The molecule has 2 saturated heterocycles. The van der Waals surface area contributed by atoms with E-state index in [1.165, 1.54) is 7.11 Å². The number of ether oxygens (including phenoxy) is 2. The Bertz CT molecular complexity index is 474. The molecule has 2 heterocycles. The number of amides is 2. The number of fused-ring (bicyclic) bond motifs is 2. The second-order valence-electron chi connectivity index (χ2n) is 7.70. The Morgan fingerprint density at radius 1 is 1.25 bits per heavy atom. The van der Waals surface area contributed by atoms with Gasteiger partial charge in [-0.05, 0) is 52.4 Å². The van der Waals surface area contributed by atoms with Crippen LogP contribution in [0.2, 0.25) is 0 Å². The molecule has 3 atom stereocenters. The number of methoxy groups -OCH3 is 1. The largest absolute Gasteiger partial charge is 0.469 e. The molecule has 0 aromatic heterocycles. The molecule has 0 spiro atoms. The summed E-state index contributed by atoms with van der Waals surface area (Å²) in [5.41, 5.74) is -0.597. The molecule has 2 rings (SSSR count). The zero-order chi connectivity index (χ0) is 17.9. The minimum absolute atomic E-state index is 0.112. The fourth-order valence-electron chi connectivity index (χ4n) is 3.81. The topological polar surface area (TPSA) is 84.9 Å². The summed E-state index contributed by atoms with van der Waals surface area (Å²) in [4.78, 5) is 37.0. The number of nitrogens with zero attached hydrogens (tertiary/aromatic N) is 1. The fraction of sp³-hybridized carbons (Fsp3) is 0.824. The highest BCUT2D eigenvalue weighted by Crippen LogP contribution is 2.39. The molecule has 0 aromatic carbocycles. The molecule has 1 N–H and O–H groups in total. The molecule has 7 nitrogen and oxygen atoms in total. The Labute approximate surface area is 143 Å². The van der Waals surface area contributed by atoms with Crippen molar-refractivity contribution in [3.05, 3.63) is 0 Å². The van der Waals surface area contributed by atoms with Gasteiger partial charge >= 0.3 is 12.1 Å². The molecule has 2 bridgehead atoms. The number of rotatable bonds is 5. The van der Waals surface area contributed by atoms with Crippen molar-refractivity contribution in [1.29, 1.82) is 0 Å². The van der Waals surface area contributed by atoms with Crippen LogP contribution in [0.15, 0.2) is 0 Å². The molecular weight excluding hydrogens is 312 g/mol. The molecular formula is C17H28N2O5. The van der Waals surface area contributed by atoms with E-state index in [4.69, 9.17) is 9.47 Å². The Morgan fingerprint density at radius 2 is 1.83 bits per heavy atom. The number of carbonyl (C=O) groups excluding carboxylic acids is 3. The maximum Gasteiger partial charge on any atom is 0.407 e. The molecule has 0 aromatic rings. The van der Waals surface area contributed by atoms with Crippen LogP contribution in [0.25, 0.3) is 0 Å². The molecule has 7 heteroatoms. The van der Waals surface area contributed by atoms with Crippen molar-refractivity contribution in [3.8, 4) is 0 Å². The molecule has 2 unspecified atom stereocenters. The zero-order valence-corrected chi connectivity index (χ0v) is 14.9. The lowest BCUT2D eigenvalue weighted by molar-refractivity contribution is -0.142. The Balaban J connectivity index is 2.05. The Kier molecular flexibility index (Phi) is 5.72. The highest BCUT2D eigenvalue weighted by atomic mass is 16.6. The first kappa shape index (κ1) is 18.5. The third-order valence-electron chi connectivity index (χ3n) is 4.83. The summed E-state index contributed by atoms with van der Waals surface area (Å²) in [6.07, 6.45) is 4.05. The van der Waals surface area contributed by atoms with Crippen molar-refractivity contribution in [2.24, 2.45) is 5.92 Å². The van der Waals surface area contributed by atoms with Gasteiger partial charge in [-0.25, -0.2) is 4.79 Å². The number of piperidine rings is 1. The van der Waals surface area contributed by atoms with Crippen molar-refractivity contribution in [2.45, 2.75) is 76.6 Å². The molecule has 136 valence electrons. The van der Waals surface area contributed by atoms with Gasteiger partial charge in [-0.15, -0.1) is 0 Å². The summed E-state index contributed by atoms with van der Waals surface area (Å²) in [5, 5.41) is 2.84. The van der Waals surface area contributed by atoms with E-state index in [1.54, 1.807) is 20.8 Å². The van der Waals surface area contributed by atoms with Gasteiger partial charge in [0.2, 0.25) is 6.41 Å². The molecule has 0 radical (unpaired) electrons. The first-order valence-electron chi connectivity index (χ1n) is 8.52. The maximum atomic E-state index is 12.1. The lowest BCUT2D eigenvalue weighted by Crippen LogP contribution is -2.50. The SMILES string of the molecule is COC(=O)C[C@@H](NC(=O)OC(C)(C)C)C1CC2CCC(C1)N2C=O. The van der Waals surface area contributed by atoms with Crippen molar-refractivity contribution >= 4 is 18.5 Å². The normalized spacial score (nSPS) is 27.3. The van der Waals surface area contributed by atoms with Crippen molar-refractivity contribution in [1.82, 2.24) is 10.2 Å². The number of carbonyl (C=O) groups is 3. The predicted octanol–water partition coefficient (Wildman–Crippen LogP) is 1.84. The highest BCUT2D eigenvalue weighted by Gasteiger charge is 2.43. The number of alkyl carbamates (subject to hydrolysis) is 1. The third-order valence-corrected chi connectivity index (χ3v) is 4.83. The molecule has 2 amide bonds. The van der Waals surface area contributed by atoms with Crippen LogP contribution in [-0.4, -0.2) is 54.2 Å². The van der Waals surface area contributed by atoms with Gasteiger partial charge in [0.05, 0.1) is 13.5 Å². The number of esters is 1. The van der Waals surface area contributed by atoms with Crippen LogP contribution in [0.4, 0.5) is 4.79 Å². The minimum atomic E-state index is -0.597. The van der Waals surface area contributed by atoms with E-state index in [2.05, 4.69) is 5.32 Å². The second kappa shape index (κ2) is 7.40. The van der Waals surface area contributed by atoms with Crippen LogP contribution in [0.3, 0.4) is 0 Å². The summed E-state index contributed by atoms with van der Waals surface area (Å²) in [6.45, 7) is 5.39. The summed E-state index contributed by atoms with van der Waals surface area (Å²) in [7, 11) is 1.34. The van der Waals surface area contributed by atoms with Gasteiger partial charge in [0, 0.05) is 18.1 Å². The smallest absolute Gasteiger partial charge is 0.407 e. The zero-order valence-electron chi connectivity index (χ0n) is 14.9. The summed E-state index contributed by atoms with van der Waals surface area (Å²) in [6, 6.07) is 0.0582. The van der Waals surface area contributed by atoms with Crippen LogP contribution in [0.5, 0.6) is 0 Å². The quantitative estimate of drug-likeness (QED) is 0.610. The average molecular weight is 340 g/mol. The maximum absolute atomic E-state index is 12.1. The van der Waals surface area contributed by atoms with Gasteiger partial charge in [-0.3, -0.25) is 9.59 Å². The van der Waals surface area contributed by atoms with E-state index < -0.39 is 11.7 Å². The van der Waals surface area contributed by atoms with Gasteiger partial charge in [0.25, 0.3) is 0 Å². The van der Waals surface area contributed by atoms with Gasteiger partial charge < -0.3 is 19.7 Å². The van der Waals surface area contributed by atoms with E-state index in [0.717, 1.165) is 32.1 Å². The molecule has 2 aliphatic heterocycles. The van der Waals surface area contributed by atoms with Crippen LogP contribution in [0.1, 0.15) is 52.9 Å². The van der Waals surface area contributed by atoms with E-state index in [-0.39, 0.29) is 36.4 Å².